The van der Waals surface area contributed by atoms with Gasteiger partial charge >= 0.3 is 0 Å². The van der Waals surface area contributed by atoms with Gasteiger partial charge in [0.25, 0.3) is 0 Å². The normalized spacial score (nSPS) is 37.4. The average molecular weight is 281 g/mol. The lowest BCUT2D eigenvalue weighted by Crippen LogP contribution is -2.48. The Morgan fingerprint density at radius 2 is 2.10 bits per heavy atom. The number of hydrogen-bond acceptors (Lipinski definition) is 4. The molecule has 116 valence electrons. The van der Waals surface area contributed by atoms with Crippen LogP contribution in [-0.4, -0.2) is 74.9 Å². The lowest BCUT2D eigenvalue weighted by atomic mass is 9.78. The van der Waals surface area contributed by atoms with Gasteiger partial charge in [-0.05, 0) is 44.2 Å². The van der Waals surface area contributed by atoms with Gasteiger partial charge in [-0.3, -0.25) is 4.90 Å². The second-order valence-corrected chi connectivity index (χ2v) is 6.96. The zero-order chi connectivity index (χ0) is 13.8. The van der Waals surface area contributed by atoms with Crippen LogP contribution in [0, 0.1) is 5.41 Å². The van der Waals surface area contributed by atoms with Gasteiger partial charge < -0.3 is 15.0 Å². The van der Waals surface area contributed by atoms with E-state index in [1.165, 1.54) is 58.4 Å². The molecular weight excluding hydrogens is 250 g/mol. The molecule has 3 heterocycles. The first kappa shape index (κ1) is 14.8. The Morgan fingerprint density at radius 3 is 2.80 bits per heavy atom. The minimum atomic E-state index is 0.540. The number of nitrogens with one attached hydrogen (secondary N) is 1. The highest BCUT2D eigenvalue weighted by molar-refractivity contribution is 4.91. The Hall–Kier alpha value is -0.160. The van der Waals surface area contributed by atoms with Crippen molar-refractivity contribution < 1.29 is 4.74 Å². The summed E-state index contributed by atoms with van der Waals surface area (Å²) in [5, 5.41) is 3.62. The molecule has 0 saturated carbocycles. The highest BCUT2D eigenvalue weighted by Crippen LogP contribution is 2.32. The maximum Gasteiger partial charge on any atom is 0.0594 e. The Morgan fingerprint density at radius 1 is 1.25 bits per heavy atom. The van der Waals surface area contributed by atoms with Crippen LogP contribution < -0.4 is 5.32 Å². The van der Waals surface area contributed by atoms with Gasteiger partial charge in [-0.15, -0.1) is 0 Å². The number of rotatable bonds is 4. The van der Waals surface area contributed by atoms with Crippen molar-refractivity contribution in [3.63, 3.8) is 0 Å². The third-order valence-electron chi connectivity index (χ3n) is 5.68. The van der Waals surface area contributed by atoms with Crippen molar-refractivity contribution in [1.82, 2.24) is 15.1 Å². The molecule has 0 aromatic rings. The fourth-order valence-corrected chi connectivity index (χ4v) is 4.25. The molecule has 2 unspecified atom stereocenters. The van der Waals surface area contributed by atoms with Gasteiger partial charge in [0.15, 0.2) is 0 Å². The van der Waals surface area contributed by atoms with Crippen molar-refractivity contribution in [2.75, 3.05) is 59.0 Å². The maximum atomic E-state index is 5.48. The Bertz CT molecular complexity index is 298. The number of hydrogen-bond donors (Lipinski definition) is 1. The first-order chi connectivity index (χ1) is 9.81. The largest absolute Gasteiger partial charge is 0.379 e. The summed E-state index contributed by atoms with van der Waals surface area (Å²) in [6.45, 7) is 12.8. The van der Waals surface area contributed by atoms with Crippen molar-refractivity contribution in [2.24, 2.45) is 5.41 Å². The van der Waals surface area contributed by atoms with E-state index < -0.39 is 0 Å². The van der Waals surface area contributed by atoms with Gasteiger partial charge in [-0.1, -0.05) is 6.92 Å². The van der Waals surface area contributed by atoms with Crippen LogP contribution in [-0.2, 0) is 4.74 Å². The van der Waals surface area contributed by atoms with E-state index in [1.807, 2.05) is 0 Å². The van der Waals surface area contributed by atoms with Crippen molar-refractivity contribution >= 4 is 0 Å². The topological polar surface area (TPSA) is 27.7 Å². The van der Waals surface area contributed by atoms with Crippen LogP contribution in [0.25, 0.3) is 0 Å². The van der Waals surface area contributed by atoms with E-state index >= 15 is 0 Å². The molecule has 3 fully saturated rings. The summed E-state index contributed by atoms with van der Waals surface area (Å²) >= 11 is 0. The predicted octanol–water partition coefficient (Wildman–Crippen LogP) is 1.17. The smallest absolute Gasteiger partial charge is 0.0594 e. The summed E-state index contributed by atoms with van der Waals surface area (Å²) < 4.78 is 5.48. The standard InChI is InChI=1S/C16H31N3O/c1-2-16(5-3-6-17-13-16)14-18-7-4-15(12-18)19-8-10-20-11-9-19/h15,17H,2-14H2,1H3. The minimum Gasteiger partial charge on any atom is -0.379 e. The van der Waals surface area contributed by atoms with Crippen molar-refractivity contribution in [3.8, 4) is 0 Å². The fourth-order valence-electron chi connectivity index (χ4n) is 4.25. The monoisotopic (exact) mass is 281 g/mol. The molecule has 0 amide bonds. The van der Waals surface area contributed by atoms with Crippen LogP contribution in [0.5, 0.6) is 0 Å². The summed E-state index contributed by atoms with van der Waals surface area (Å²) in [4.78, 5) is 5.39. The predicted molar refractivity (Wildman–Crippen MR) is 82.1 cm³/mol. The molecule has 20 heavy (non-hydrogen) atoms. The molecule has 3 saturated heterocycles. The van der Waals surface area contributed by atoms with Gasteiger partial charge in [0, 0.05) is 38.8 Å². The first-order valence-corrected chi connectivity index (χ1v) is 8.56. The van der Waals surface area contributed by atoms with E-state index in [0.29, 0.717) is 5.41 Å². The first-order valence-electron chi connectivity index (χ1n) is 8.56. The highest BCUT2D eigenvalue weighted by Gasteiger charge is 2.36. The molecule has 0 spiro atoms. The molecule has 0 bridgehead atoms. The van der Waals surface area contributed by atoms with Crippen LogP contribution in [0.3, 0.4) is 0 Å². The van der Waals surface area contributed by atoms with Crippen molar-refractivity contribution in [3.05, 3.63) is 0 Å². The molecule has 0 aromatic heterocycles. The zero-order valence-electron chi connectivity index (χ0n) is 13.1. The minimum absolute atomic E-state index is 0.540. The van der Waals surface area contributed by atoms with E-state index in [-0.39, 0.29) is 0 Å². The number of piperidine rings is 1. The van der Waals surface area contributed by atoms with Crippen LogP contribution >= 0.6 is 0 Å². The van der Waals surface area contributed by atoms with E-state index in [0.717, 1.165) is 32.3 Å². The molecule has 0 aliphatic carbocycles. The van der Waals surface area contributed by atoms with Gasteiger partial charge in [-0.25, -0.2) is 0 Å². The number of ether oxygens (including phenoxy) is 1. The molecule has 3 aliphatic rings. The van der Waals surface area contributed by atoms with E-state index in [2.05, 4.69) is 22.0 Å². The number of morpholine rings is 1. The molecular formula is C16H31N3O. The van der Waals surface area contributed by atoms with Crippen LogP contribution in [0.15, 0.2) is 0 Å². The zero-order valence-corrected chi connectivity index (χ0v) is 13.1. The Kier molecular flexibility index (Phi) is 4.97. The third kappa shape index (κ3) is 3.35. The van der Waals surface area contributed by atoms with Gasteiger partial charge in [0.05, 0.1) is 13.2 Å². The quantitative estimate of drug-likeness (QED) is 0.837. The summed E-state index contributed by atoms with van der Waals surface area (Å²) in [5.41, 5.74) is 0.540. The molecule has 4 nitrogen and oxygen atoms in total. The SMILES string of the molecule is CCC1(CN2CCC(N3CCOCC3)C2)CCCNC1. The van der Waals surface area contributed by atoms with Gasteiger partial charge in [0.1, 0.15) is 0 Å². The fraction of sp³-hybridized carbons (Fsp3) is 1.00. The van der Waals surface area contributed by atoms with E-state index in [9.17, 15) is 0 Å². The summed E-state index contributed by atoms with van der Waals surface area (Å²) in [6.07, 6.45) is 5.44. The molecule has 3 aliphatic heterocycles. The molecule has 4 heteroatoms. The number of likely N-dealkylation sites (tertiary alicyclic amines) is 1. The molecule has 3 rings (SSSR count). The van der Waals surface area contributed by atoms with E-state index in [1.54, 1.807) is 0 Å². The van der Waals surface area contributed by atoms with E-state index in [4.69, 9.17) is 4.74 Å². The summed E-state index contributed by atoms with van der Waals surface area (Å²) in [5.74, 6) is 0. The lowest BCUT2D eigenvalue weighted by molar-refractivity contribution is 0.0171. The maximum absolute atomic E-state index is 5.48. The molecule has 0 aromatic carbocycles. The summed E-state index contributed by atoms with van der Waals surface area (Å²) in [6, 6.07) is 0.782. The van der Waals surface area contributed by atoms with Crippen LogP contribution in [0.4, 0.5) is 0 Å². The Labute approximate surface area is 123 Å². The van der Waals surface area contributed by atoms with Crippen LogP contribution in [0.1, 0.15) is 32.6 Å². The van der Waals surface area contributed by atoms with Gasteiger partial charge in [-0.2, -0.15) is 0 Å². The number of nitrogens with zero attached hydrogens (tertiary/aromatic N) is 2. The highest BCUT2D eigenvalue weighted by atomic mass is 16.5. The second-order valence-electron chi connectivity index (χ2n) is 6.96. The Balaban J connectivity index is 1.51. The average Bonchev–Trinajstić information content (AvgIpc) is 2.97. The third-order valence-corrected chi connectivity index (χ3v) is 5.68. The summed E-state index contributed by atoms with van der Waals surface area (Å²) in [7, 11) is 0. The van der Waals surface area contributed by atoms with Crippen molar-refractivity contribution in [2.45, 2.75) is 38.6 Å². The molecule has 1 N–H and O–H groups in total. The second kappa shape index (κ2) is 6.73. The van der Waals surface area contributed by atoms with Crippen LogP contribution in [0.2, 0.25) is 0 Å². The lowest BCUT2D eigenvalue weighted by Gasteiger charge is -2.40. The molecule has 0 radical (unpaired) electrons. The van der Waals surface area contributed by atoms with Crippen molar-refractivity contribution in [1.29, 1.82) is 0 Å². The van der Waals surface area contributed by atoms with Gasteiger partial charge in [0.2, 0.25) is 0 Å². The molecule has 2 atom stereocenters.